The molecule has 2 amide bonds. The van der Waals surface area contributed by atoms with Gasteiger partial charge < -0.3 is 20.1 Å². The molecule has 1 aromatic carbocycles. The van der Waals surface area contributed by atoms with Crippen LogP contribution in [0.5, 0.6) is 11.5 Å². The Morgan fingerprint density at radius 1 is 1.20 bits per heavy atom. The lowest BCUT2D eigenvalue weighted by Gasteiger charge is -2.26. The fraction of sp³-hybridized carbons (Fsp3) is 0.533. The van der Waals surface area contributed by atoms with Gasteiger partial charge in [0.15, 0.2) is 11.5 Å². The van der Waals surface area contributed by atoms with Gasteiger partial charge in [-0.2, -0.15) is 0 Å². The van der Waals surface area contributed by atoms with Crippen molar-refractivity contribution in [3.63, 3.8) is 0 Å². The number of carbonyl (C=O) groups excluding carboxylic acids is 1. The van der Waals surface area contributed by atoms with E-state index >= 15 is 0 Å². The van der Waals surface area contributed by atoms with Crippen molar-refractivity contribution in [1.82, 2.24) is 5.32 Å². The molecule has 2 rings (SSSR count). The molecule has 1 aliphatic carbocycles. The predicted octanol–water partition coefficient (Wildman–Crippen LogP) is 3.16. The van der Waals surface area contributed by atoms with Crippen molar-refractivity contribution in [1.29, 1.82) is 0 Å². The van der Waals surface area contributed by atoms with Gasteiger partial charge in [0, 0.05) is 17.8 Å². The Morgan fingerprint density at radius 2 is 1.90 bits per heavy atom. The zero-order valence-electron chi connectivity index (χ0n) is 12.1. The predicted molar refractivity (Wildman–Crippen MR) is 78.6 cm³/mol. The van der Waals surface area contributed by atoms with Crippen molar-refractivity contribution in [3.05, 3.63) is 18.2 Å². The van der Waals surface area contributed by atoms with Crippen molar-refractivity contribution in [2.24, 2.45) is 0 Å². The molecule has 0 saturated heterocycles. The highest BCUT2D eigenvalue weighted by Crippen LogP contribution is 2.30. The summed E-state index contributed by atoms with van der Waals surface area (Å²) in [6.07, 6.45) is 3.34. The zero-order chi connectivity index (χ0) is 14.4. The average molecular weight is 278 g/mol. The van der Waals surface area contributed by atoms with Crippen molar-refractivity contribution in [3.8, 4) is 11.5 Å². The third-order valence-corrected chi connectivity index (χ3v) is 3.24. The Morgan fingerprint density at radius 3 is 2.50 bits per heavy atom. The molecular weight excluding hydrogens is 256 g/mol. The van der Waals surface area contributed by atoms with Crippen LogP contribution >= 0.6 is 0 Å². The second-order valence-corrected chi connectivity index (χ2v) is 4.75. The number of ether oxygens (including phenoxy) is 2. The highest BCUT2D eigenvalue weighted by atomic mass is 16.5. The lowest BCUT2D eigenvalue weighted by atomic mass is 9.93. The molecular formula is C15H22N2O3. The van der Waals surface area contributed by atoms with Crippen LogP contribution in [-0.2, 0) is 0 Å². The van der Waals surface area contributed by atoms with Crippen molar-refractivity contribution in [2.75, 3.05) is 18.5 Å². The topological polar surface area (TPSA) is 59.6 Å². The molecule has 5 nitrogen and oxygen atoms in total. The highest BCUT2D eigenvalue weighted by molar-refractivity contribution is 5.89. The Bertz CT molecular complexity index is 458. The normalized spacial score (nSPS) is 14.3. The van der Waals surface area contributed by atoms with Gasteiger partial charge in [-0.25, -0.2) is 4.79 Å². The Kier molecular flexibility index (Phi) is 5.09. The number of hydrogen-bond acceptors (Lipinski definition) is 3. The second-order valence-electron chi connectivity index (χ2n) is 4.75. The number of rotatable bonds is 6. The van der Waals surface area contributed by atoms with Gasteiger partial charge in [0.1, 0.15) is 0 Å². The van der Waals surface area contributed by atoms with E-state index < -0.39 is 0 Å². The molecule has 1 aliphatic rings. The molecule has 0 aromatic heterocycles. The molecule has 0 aliphatic heterocycles. The fourth-order valence-corrected chi connectivity index (χ4v) is 2.03. The van der Waals surface area contributed by atoms with E-state index in [4.69, 9.17) is 9.47 Å². The van der Waals surface area contributed by atoms with Gasteiger partial charge in [-0.1, -0.05) is 0 Å². The van der Waals surface area contributed by atoms with Crippen LogP contribution in [0.25, 0.3) is 0 Å². The van der Waals surface area contributed by atoms with E-state index in [-0.39, 0.29) is 6.03 Å². The van der Waals surface area contributed by atoms with Gasteiger partial charge in [0.05, 0.1) is 13.2 Å². The van der Waals surface area contributed by atoms with E-state index in [2.05, 4.69) is 10.6 Å². The number of urea groups is 1. The molecule has 110 valence electrons. The first-order valence-electron chi connectivity index (χ1n) is 7.20. The standard InChI is InChI=1S/C15H22N2O3/c1-3-19-13-9-8-12(10-14(13)20-4-2)17-15(18)16-11-6-5-7-11/h8-11H,3-7H2,1-2H3,(H2,16,17,18). The number of carbonyl (C=O) groups is 1. The van der Waals surface area contributed by atoms with Gasteiger partial charge in [0.25, 0.3) is 0 Å². The van der Waals surface area contributed by atoms with Gasteiger partial charge in [0.2, 0.25) is 0 Å². The lowest BCUT2D eigenvalue weighted by Crippen LogP contribution is -2.41. The van der Waals surface area contributed by atoms with Gasteiger partial charge in [-0.05, 0) is 45.2 Å². The summed E-state index contributed by atoms with van der Waals surface area (Å²) < 4.78 is 11.0. The third-order valence-electron chi connectivity index (χ3n) is 3.24. The van der Waals surface area contributed by atoms with Crippen LogP contribution in [-0.4, -0.2) is 25.3 Å². The molecule has 0 unspecified atom stereocenters. The Balaban J connectivity index is 1.99. The van der Waals surface area contributed by atoms with Gasteiger partial charge >= 0.3 is 6.03 Å². The molecule has 1 saturated carbocycles. The van der Waals surface area contributed by atoms with E-state index in [0.717, 1.165) is 12.8 Å². The van der Waals surface area contributed by atoms with Gasteiger partial charge in [-0.3, -0.25) is 0 Å². The average Bonchev–Trinajstić information content (AvgIpc) is 2.38. The summed E-state index contributed by atoms with van der Waals surface area (Å²) in [5, 5.41) is 5.76. The Hall–Kier alpha value is -1.91. The van der Waals surface area contributed by atoms with Crippen LogP contribution in [0.1, 0.15) is 33.1 Å². The maximum Gasteiger partial charge on any atom is 0.319 e. The molecule has 5 heteroatoms. The van der Waals surface area contributed by atoms with Crippen molar-refractivity contribution < 1.29 is 14.3 Å². The molecule has 0 atom stereocenters. The quantitative estimate of drug-likeness (QED) is 0.840. The molecule has 20 heavy (non-hydrogen) atoms. The Labute approximate surface area is 119 Å². The minimum Gasteiger partial charge on any atom is -0.490 e. The van der Waals surface area contributed by atoms with E-state index in [1.165, 1.54) is 6.42 Å². The summed E-state index contributed by atoms with van der Waals surface area (Å²) >= 11 is 0. The number of amides is 2. The van der Waals surface area contributed by atoms with Crippen LogP contribution in [0.2, 0.25) is 0 Å². The van der Waals surface area contributed by atoms with E-state index in [1.807, 2.05) is 26.0 Å². The summed E-state index contributed by atoms with van der Waals surface area (Å²) in [6.45, 7) is 4.97. The largest absolute Gasteiger partial charge is 0.490 e. The van der Waals surface area contributed by atoms with Crippen LogP contribution < -0.4 is 20.1 Å². The number of anilines is 1. The van der Waals surface area contributed by atoms with Crippen LogP contribution in [0, 0.1) is 0 Å². The zero-order valence-corrected chi connectivity index (χ0v) is 12.1. The first kappa shape index (κ1) is 14.5. The fourth-order valence-electron chi connectivity index (χ4n) is 2.03. The molecule has 1 fully saturated rings. The van der Waals surface area contributed by atoms with Crippen LogP contribution in [0.15, 0.2) is 18.2 Å². The third kappa shape index (κ3) is 3.79. The number of benzene rings is 1. The smallest absolute Gasteiger partial charge is 0.319 e. The SMILES string of the molecule is CCOc1ccc(NC(=O)NC2CCC2)cc1OCC. The van der Waals surface area contributed by atoms with E-state index in [9.17, 15) is 4.79 Å². The van der Waals surface area contributed by atoms with E-state index in [1.54, 1.807) is 6.07 Å². The first-order chi connectivity index (χ1) is 9.72. The number of nitrogens with one attached hydrogen (secondary N) is 2. The first-order valence-corrected chi connectivity index (χ1v) is 7.20. The summed E-state index contributed by atoms with van der Waals surface area (Å²) in [6, 6.07) is 5.57. The lowest BCUT2D eigenvalue weighted by molar-refractivity contribution is 0.240. The molecule has 0 bridgehead atoms. The monoisotopic (exact) mass is 278 g/mol. The molecule has 1 aromatic rings. The van der Waals surface area contributed by atoms with Gasteiger partial charge in [-0.15, -0.1) is 0 Å². The maximum absolute atomic E-state index is 11.8. The summed E-state index contributed by atoms with van der Waals surface area (Å²) in [5.74, 6) is 1.34. The van der Waals surface area contributed by atoms with Crippen molar-refractivity contribution in [2.45, 2.75) is 39.2 Å². The van der Waals surface area contributed by atoms with Crippen LogP contribution in [0.4, 0.5) is 10.5 Å². The molecule has 0 spiro atoms. The van der Waals surface area contributed by atoms with Crippen molar-refractivity contribution >= 4 is 11.7 Å². The summed E-state index contributed by atoms with van der Waals surface area (Å²) in [4.78, 5) is 11.8. The minimum absolute atomic E-state index is 0.165. The second kappa shape index (κ2) is 7.03. The number of hydrogen-bond donors (Lipinski definition) is 2. The summed E-state index contributed by atoms with van der Waals surface area (Å²) in [5.41, 5.74) is 0.703. The van der Waals surface area contributed by atoms with Crippen LogP contribution in [0.3, 0.4) is 0 Å². The molecule has 0 heterocycles. The minimum atomic E-state index is -0.165. The molecule has 2 N–H and O–H groups in total. The molecule has 0 radical (unpaired) electrons. The summed E-state index contributed by atoms with van der Waals surface area (Å²) in [7, 11) is 0. The highest BCUT2D eigenvalue weighted by Gasteiger charge is 2.19. The maximum atomic E-state index is 11.8. The van der Waals surface area contributed by atoms with E-state index in [0.29, 0.717) is 36.4 Å².